The van der Waals surface area contributed by atoms with Crippen molar-refractivity contribution in [2.45, 2.75) is 109 Å². The molecule has 0 saturated heterocycles. The molecule has 1 aliphatic rings. The van der Waals surface area contributed by atoms with Crippen LogP contribution in [0.5, 0.6) is 5.75 Å². The van der Waals surface area contributed by atoms with Crippen LogP contribution in [0.3, 0.4) is 0 Å². The average Bonchev–Trinajstić information content (AvgIpc) is 2.83. The summed E-state index contributed by atoms with van der Waals surface area (Å²) in [6.07, 6.45) is 7.37. The van der Waals surface area contributed by atoms with E-state index in [1.165, 1.54) is 6.07 Å². The Morgan fingerprint density at radius 1 is 1.19 bits per heavy atom. The van der Waals surface area contributed by atoms with Crippen molar-refractivity contribution >= 4 is 29.7 Å². The Hall–Kier alpha value is -2.42. The number of benzene rings is 1. The van der Waals surface area contributed by atoms with Gasteiger partial charge in [-0.1, -0.05) is 38.3 Å². The number of carbonyl (C=O) groups is 3. The lowest BCUT2D eigenvalue weighted by Crippen LogP contribution is -2.56. The first-order valence-electron chi connectivity index (χ1n) is 13.4. The van der Waals surface area contributed by atoms with E-state index in [1.807, 2.05) is 20.1 Å². The molecular formula is C28H45N3O5S. The topological polar surface area (TPSA) is 108 Å². The van der Waals surface area contributed by atoms with Crippen LogP contribution in [0.4, 0.5) is 4.79 Å². The first-order chi connectivity index (χ1) is 17.5. The van der Waals surface area contributed by atoms with Gasteiger partial charge in [-0.25, -0.2) is 4.79 Å². The number of aromatic hydroxyl groups is 1. The van der Waals surface area contributed by atoms with E-state index in [0.717, 1.165) is 32.1 Å². The van der Waals surface area contributed by atoms with Crippen molar-refractivity contribution in [2.24, 2.45) is 0 Å². The third kappa shape index (κ3) is 9.76. The Morgan fingerprint density at radius 2 is 1.86 bits per heavy atom. The van der Waals surface area contributed by atoms with Crippen LogP contribution in [-0.2, 0) is 14.3 Å². The SMILES string of the molecule is CCC(C)N(C(=O)C(CCSC)NC(=O)OC(C)(C)C)C(C(=O)NC1CCCCC1)c1cccc(O)c1. The minimum absolute atomic E-state index is 0.0235. The van der Waals surface area contributed by atoms with Gasteiger partial charge in [0.05, 0.1) is 0 Å². The summed E-state index contributed by atoms with van der Waals surface area (Å²) in [5, 5.41) is 16.2. The van der Waals surface area contributed by atoms with Gasteiger partial charge in [0.1, 0.15) is 23.4 Å². The van der Waals surface area contributed by atoms with E-state index in [2.05, 4.69) is 10.6 Å². The Kier molecular flexibility index (Phi) is 12.1. The number of ether oxygens (including phenoxy) is 1. The Morgan fingerprint density at radius 3 is 2.43 bits per heavy atom. The highest BCUT2D eigenvalue weighted by Gasteiger charge is 2.39. The van der Waals surface area contributed by atoms with Crippen LogP contribution in [0, 0.1) is 0 Å². The summed E-state index contributed by atoms with van der Waals surface area (Å²) in [6.45, 7) is 9.17. The van der Waals surface area contributed by atoms with Crippen molar-refractivity contribution in [2.75, 3.05) is 12.0 Å². The van der Waals surface area contributed by atoms with Crippen LogP contribution in [0.15, 0.2) is 24.3 Å². The number of amides is 3. The molecule has 3 unspecified atom stereocenters. The molecule has 8 nitrogen and oxygen atoms in total. The van der Waals surface area contributed by atoms with Gasteiger partial charge < -0.3 is 25.4 Å². The van der Waals surface area contributed by atoms with Crippen molar-refractivity contribution in [3.63, 3.8) is 0 Å². The molecule has 0 heterocycles. The molecule has 3 amide bonds. The van der Waals surface area contributed by atoms with Gasteiger partial charge in [-0.2, -0.15) is 11.8 Å². The molecule has 1 aliphatic carbocycles. The molecule has 0 radical (unpaired) electrons. The maximum absolute atomic E-state index is 14.2. The molecule has 2 rings (SSSR count). The van der Waals surface area contributed by atoms with Crippen LogP contribution in [0.2, 0.25) is 0 Å². The van der Waals surface area contributed by atoms with Crippen LogP contribution < -0.4 is 10.6 Å². The van der Waals surface area contributed by atoms with Gasteiger partial charge in [-0.15, -0.1) is 0 Å². The summed E-state index contributed by atoms with van der Waals surface area (Å²) in [6, 6.07) is 4.45. The quantitative estimate of drug-likeness (QED) is 0.361. The zero-order valence-electron chi connectivity index (χ0n) is 23.2. The van der Waals surface area contributed by atoms with Crippen molar-refractivity contribution in [3.8, 4) is 5.75 Å². The van der Waals surface area contributed by atoms with Gasteiger partial charge in [0.15, 0.2) is 0 Å². The maximum atomic E-state index is 14.2. The third-order valence-corrected chi connectivity index (χ3v) is 7.23. The number of thioether (sulfide) groups is 1. The summed E-state index contributed by atoms with van der Waals surface area (Å²) in [4.78, 5) is 42.2. The number of nitrogens with zero attached hydrogens (tertiary/aromatic N) is 1. The van der Waals surface area contributed by atoms with Gasteiger partial charge in [0, 0.05) is 12.1 Å². The average molecular weight is 536 g/mol. The van der Waals surface area contributed by atoms with Crippen LogP contribution in [0.25, 0.3) is 0 Å². The second-order valence-electron chi connectivity index (χ2n) is 10.8. The molecule has 3 atom stereocenters. The Labute approximate surface area is 226 Å². The molecule has 37 heavy (non-hydrogen) atoms. The van der Waals surface area contributed by atoms with E-state index in [4.69, 9.17) is 4.74 Å². The Balaban J connectivity index is 2.46. The molecule has 1 fully saturated rings. The molecule has 9 heteroatoms. The minimum atomic E-state index is -0.950. The standard InChI is InChI=1S/C28H45N3O5S/c1-7-19(2)31(26(34)23(16-17-37-6)30-27(35)36-28(3,4)5)24(20-12-11-15-22(32)18-20)25(33)29-21-13-9-8-10-14-21/h11-12,15,18-19,21,23-24,32H,7-10,13-14,16-17H2,1-6H3,(H,29,33)(H,30,35). The van der Waals surface area contributed by atoms with Gasteiger partial charge in [-0.3, -0.25) is 9.59 Å². The van der Waals surface area contributed by atoms with E-state index in [1.54, 1.807) is 55.6 Å². The zero-order valence-corrected chi connectivity index (χ0v) is 24.0. The smallest absolute Gasteiger partial charge is 0.408 e. The Bertz CT molecular complexity index is 898. The highest BCUT2D eigenvalue weighted by Crippen LogP contribution is 2.29. The normalized spacial score (nSPS) is 16.8. The summed E-state index contributed by atoms with van der Waals surface area (Å²) in [5.41, 5.74) is -0.180. The van der Waals surface area contributed by atoms with Crippen LogP contribution in [-0.4, -0.2) is 63.6 Å². The van der Waals surface area contributed by atoms with E-state index in [0.29, 0.717) is 24.2 Å². The fraction of sp³-hybridized carbons (Fsp3) is 0.679. The molecule has 0 spiro atoms. The summed E-state index contributed by atoms with van der Waals surface area (Å²) < 4.78 is 5.43. The van der Waals surface area contributed by atoms with Crippen LogP contribution in [0.1, 0.15) is 91.2 Å². The zero-order chi connectivity index (χ0) is 27.6. The highest BCUT2D eigenvalue weighted by molar-refractivity contribution is 7.98. The number of nitrogens with one attached hydrogen (secondary N) is 2. The van der Waals surface area contributed by atoms with E-state index in [9.17, 15) is 19.5 Å². The summed E-state index contributed by atoms with van der Waals surface area (Å²) in [5.74, 6) is 0.0507. The third-order valence-electron chi connectivity index (χ3n) is 6.58. The van der Waals surface area contributed by atoms with Crippen LogP contribution >= 0.6 is 11.8 Å². The molecule has 0 aromatic heterocycles. The highest BCUT2D eigenvalue weighted by atomic mass is 32.2. The van der Waals surface area contributed by atoms with E-state index < -0.39 is 23.8 Å². The van der Waals surface area contributed by atoms with E-state index >= 15 is 0 Å². The number of alkyl carbamates (subject to hydrolysis) is 1. The minimum Gasteiger partial charge on any atom is -0.508 e. The summed E-state index contributed by atoms with van der Waals surface area (Å²) >= 11 is 1.57. The fourth-order valence-corrected chi connectivity index (χ4v) is 5.05. The maximum Gasteiger partial charge on any atom is 0.408 e. The van der Waals surface area contributed by atoms with Crippen molar-refractivity contribution in [1.82, 2.24) is 15.5 Å². The molecular weight excluding hydrogens is 490 g/mol. The largest absolute Gasteiger partial charge is 0.508 e. The molecule has 1 saturated carbocycles. The lowest BCUT2D eigenvalue weighted by Gasteiger charge is -2.39. The van der Waals surface area contributed by atoms with E-state index in [-0.39, 0.29) is 29.6 Å². The van der Waals surface area contributed by atoms with Gasteiger partial charge in [-0.05, 0) is 83.1 Å². The van der Waals surface area contributed by atoms with Gasteiger partial charge in [0.2, 0.25) is 11.8 Å². The fourth-order valence-electron chi connectivity index (χ4n) is 4.58. The predicted molar refractivity (Wildman–Crippen MR) is 149 cm³/mol. The number of carbonyl (C=O) groups excluding carboxylic acids is 3. The second kappa shape index (κ2) is 14.5. The second-order valence-corrected chi connectivity index (χ2v) is 11.8. The molecule has 1 aromatic carbocycles. The number of hydrogen-bond donors (Lipinski definition) is 3. The van der Waals surface area contributed by atoms with Crippen molar-refractivity contribution < 1.29 is 24.2 Å². The number of rotatable bonds is 11. The molecule has 3 N–H and O–H groups in total. The predicted octanol–water partition coefficient (Wildman–Crippen LogP) is 5.16. The number of phenols is 1. The number of phenolic OH excluding ortho intramolecular Hbond substituents is 1. The van der Waals surface area contributed by atoms with Gasteiger partial charge >= 0.3 is 6.09 Å². The molecule has 0 aliphatic heterocycles. The first-order valence-corrected chi connectivity index (χ1v) is 14.8. The molecule has 208 valence electrons. The number of hydrogen-bond acceptors (Lipinski definition) is 6. The van der Waals surface area contributed by atoms with Crippen molar-refractivity contribution in [3.05, 3.63) is 29.8 Å². The monoisotopic (exact) mass is 535 g/mol. The molecule has 1 aromatic rings. The van der Waals surface area contributed by atoms with Gasteiger partial charge in [0.25, 0.3) is 0 Å². The lowest BCUT2D eigenvalue weighted by atomic mass is 9.94. The summed E-state index contributed by atoms with van der Waals surface area (Å²) in [7, 11) is 0. The van der Waals surface area contributed by atoms with Crippen molar-refractivity contribution in [1.29, 1.82) is 0 Å². The first kappa shape index (κ1) is 30.8. The molecule has 0 bridgehead atoms. The lowest BCUT2D eigenvalue weighted by molar-refractivity contribution is -0.145.